The number of amides is 1. The number of para-hydroxylation sites is 1. The highest BCUT2D eigenvalue weighted by atomic mass is 16.5. The lowest BCUT2D eigenvalue weighted by Crippen LogP contribution is -2.36. The molecule has 1 aliphatic heterocycles. The van der Waals surface area contributed by atoms with E-state index in [1.165, 1.54) is 5.56 Å². The zero-order valence-electron chi connectivity index (χ0n) is 15.7. The normalized spacial score (nSPS) is 13.5. The molecule has 2 heterocycles. The van der Waals surface area contributed by atoms with E-state index in [0.717, 1.165) is 34.4 Å². The summed E-state index contributed by atoms with van der Waals surface area (Å²) in [4.78, 5) is 18.1. The van der Waals surface area contributed by atoms with Gasteiger partial charge >= 0.3 is 0 Å². The van der Waals surface area contributed by atoms with Crippen molar-refractivity contribution in [1.29, 1.82) is 0 Å². The molecule has 0 bridgehead atoms. The van der Waals surface area contributed by atoms with Gasteiger partial charge in [-0.05, 0) is 55.7 Å². The van der Waals surface area contributed by atoms with Gasteiger partial charge < -0.3 is 19.4 Å². The number of H-pyrrole nitrogens is 1. The van der Waals surface area contributed by atoms with Crippen LogP contribution in [0, 0.1) is 0 Å². The fourth-order valence-electron chi connectivity index (χ4n) is 3.63. The Kier molecular flexibility index (Phi) is 4.75. The summed E-state index contributed by atoms with van der Waals surface area (Å²) in [5.74, 6) is 1.56. The molecular formula is C22H24N2O3. The molecular weight excluding hydrogens is 340 g/mol. The topological polar surface area (TPSA) is 54.6 Å². The molecule has 2 aromatic carbocycles. The van der Waals surface area contributed by atoms with Gasteiger partial charge in [0, 0.05) is 24.0 Å². The quantitative estimate of drug-likeness (QED) is 0.739. The van der Waals surface area contributed by atoms with Crippen LogP contribution in [0.4, 0.5) is 0 Å². The fourth-order valence-corrected chi connectivity index (χ4v) is 3.63. The maximum absolute atomic E-state index is 13.0. The lowest BCUT2D eigenvalue weighted by atomic mass is 9.98. The first-order chi connectivity index (χ1) is 13.2. The Labute approximate surface area is 158 Å². The van der Waals surface area contributed by atoms with Crippen LogP contribution in [0.3, 0.4) is 0 Å². The molecule has 3 aromatic rings. The van der Waals surface area contributed by atoms with Crippen LogP contribution in [0.25, 0.3) is 10.9 Å². The van der Waals surface area contributed by atoms with Crippen LogP contribution < -0.4 is 9.47 Å². The Morgan fingerprint density at radius 2 is 1.74 bits per heavy atom. The second-order valence-electron chi connectivity index (χ2n) is 6.68. The highest BCUT2D eigenvalue weighted by Crippen LogP contribution is 2.34. The number of aromatic nitrogens is 1. The van der Waals surface area contributed by atoms with Crippen molar-refractivity contribution in [3.8, 4) is 11.5 Å². The molecule has 0 fully saturated rings. The molecule has 0 saturated carbocycles. The van der Waals surface area contributed by atoms with E-state index in [9.17, 15) is 4.79 Å². The molecule has 1 aliphatic rings. The van der Waals surface area contributed by atoms with E-state index in [2.05, 4.69) is 11.1 Å². The van der Waals surface area contributed by atoms with E-state index in [1.54, 1.807) is 0 Å². The molecule has 1 N–H and O–H groups in total. The highest BCUT2D eigenvalue weighted by Gasteiger charge is 2.24. The first-order valence-electron chi connectivity index (χ1n) is 9.48. The van der Waals surface area contributed by atoms with Crippen LogP contribution in [0.2, 0.25) is 0 Å². The number of nitrogens with one attached hydrogen (secondary N) is 1. The Morgan fingerprint density at radius 3 is 2.44 bits per heavy atom. The molecule has 0 aliphatic carbocycles. The molecule has 140 valence electrons. The van der Waals surface area contributed by atoms with Crippen LogP contribution >= 0.6 is 0 Å². The SMILES string of the molecule is CCOc1cc2c(cc1OCC)CN(C(=O)c1cc3ccccc3[nH]1)CC2. The minimum absolute atomic E-state index is 0.0312. The summed E-state index contributed by atoms with van der Waals surface area (Å²) in [6.07, 6.45) is 0.813. The third-order valence-electron chi connectivity index (χ3n) is 4.93. The largest absolute Gasteiger partial charge is 0.490 e. The van der Waals surface area contributed by atoms with Crippen molar-refractivity contribution in [1.82, 2.24) is 9.88 Å². The molecule has 1 aromatic heterocycles. The number of carbonyl (C=O) groups excluding carboxylic acids is 1. The zero-order valence-corrected chi connectivity index (χ0v) is 15.7. The standard InChI is InChI=1S/C22H24N2O3/c1-3-26-20-12-15-9-10-24(14-17(15)13-21(20)27-4-2)22(25)19-11-16-7-5-6-8-18(16)23-19/h5-8,11-13,23H,3-4,9-10,14H2,1-2H3. The maximum Gasteiger partial charge on any atom is 0.270 e. The molecule has 1 amide bonds. The third-order valence-corrected chi connectivity index (χ3v) is 4.93. The number of aromatic amines is 1. The summed E-state index contributed by atoms with van der Waals surface area (Å²) in [5.41, 5.74) is 3.97. The summed E-state index contributed by atoms with van der Waals surface area (Å²) in [7, 11) is 0. The number of hydrogen-bond acceptors (Lipinski definition) is 3. The molecule has 27 heavy (non-hydrogen) atoms. The van der Waals surface area contributed by atoms with E-state index >= 15 is 0 Å². The number of hydrogen-bond donors (Lipinski definition) is 1. The van der Waals surface area contributed by atoms with Crippen LogP contribution in [0.5, 0.6) is 11.5 Å². The number of ether oxygens (including phenoxy) is 2. The van der Waals surface area contributed by atoms with E-state index in [4.69, 9.17) is 9.47 Å². The van der Waals surface area contributed by atoms with Crippen molar-refractivity contribution in [2.75, 3.05) is 19.8 Å². The Morgan fingerprint density at radius 1 is 1.04 bits per heavy atom. The van der Waals surface area contributed by atoms with Gasteiger partial charge in [0.05, 0.1) is 13.2 Å². The molecule has 0 spiro atoms. The molecule has 0 atom stereocenters. The Balaban J connectivity index is 1.59. The Bertz CT molecular complexity index is 944. The summed E-state index contributed by atoms with van der Waals surface area (Å²) >= 11 is 0. The average molecular weight is 364 g/mol. The second kappa shape index (κ2) is 7.35. The summed E-state index contributed by atoms with van der Waals surface area (Å²) in [6, 6.07) is 14.0. The van der Waals surface area contributed by atoms with Crippen molar-refractivity contribution in [2.45, 2.75) is 26.8 Å². The van der Waals surface area contributed by atoms with E-state index in [-0.39, 0.29) is 5.91 Å². The first kappa shape index (κ1) is 17.5. The van der Waals surface area contributed by atoms with Crippen molar-refractivity contribution in [2.24, 2.45) is 0 Å². The van der Waals surface area contributed by atoms with Gasteiger partial charge in [-0.25, -0.2) is 0 Å². The van der Waals surface area contributed by atoms with E-state index in [0.29, 0.717) is 32.0 Å². The number of nitrogens with zero attached hydrogens (tertiary/aromatic N) is 1. The number of benzene rings is 2. The van der Waals surface area contributed by atoms with Gasteiger partial charge in [0.25, 0.3) is 5.91 Å². The van der Waals surface area contributed by atoms with Crippen molar-refractivity contribution >= 4 is 16.8 Å². The minimum atomic E-state index is 0.0312. The fraction of sp³-hybridized carbons (Fsp3) is 0.318. The number of rotatable bonds is 5. The first-order valence-corrected chi connectivity index (χ1v) is 9.48. The monoisotopic (exact) mass is 364 g/mol. The molecule has 4 rings (SSSR count). The van der Waals surface area contributed by atoms with Gasteiger partial charge in [0.2, 0.25) is 0 Å². The molecule has 0 saturated heterocycles. The lowest BCUT2D eigenvalue weighted by Gasteiger charge is -2.29. The summed E-state index contributed by atoms with van der Waals surface area (Å²) in [5, 5.41) is 1.05. The van der Waals surface area contributed by atoms with Crippen LogP contribution in [0.15, 0.2) is 42.5 Å². The lowest BCUT2D eigenvalue weighted by molar-refractivity contribution is 0.0729. The van der Waals surface area contributed by atoms with Gasteiger partial charge in [-0.1, -0.05) is 18.2 Å². The van der Waals surface area contributed by atoms with Crippen LogP contribution in [0.1, 0.15) is 35.5 Å². The van der Waals surface area contributed by atoms with Gasteiger partial charge in [0.1, 0.15) is 5.69 Å². The predicted octanol–water partition coefficient (Wildman–Crippen LogP) is 4.16. The predicted molar refractivity (Wildman–Crippen MR) is 106 cm³/mol. The van der Waals surface area contributed by atoms with Crippen LogP contribution in [-0.4, -0.2) is 35.5 Å². The maximum atomic E-state index is 13.0. The van der Waals surface area contributed by atoms with E-state index in [1.807, 2.05) is 55.1 Å². The number of fused-ring (bicyclic) bond motifs is 2. The highest BCUT2D eigenvalue weighted by molar-refractivity contribution is 5.98. The molecule has 0 radical (unpaired) electrons. The molecule has 5 heteroatoms. The molecule has 0 unspecified atom stereocenters. The molecule has 5 nitrogen and oxygen atoms in total. The summed E-state index contributed by atoms with van der Waals surface area (Å²) < 4.78 is 11.5. The Hall–Kier alpha value is -2.95. The van der Waals surface area contributed by atoms with Crippen molar-refractivity contribution in [3.63, 3.8) is 0 Å². The summed E-state index contributed by atoms with van der Waals surface area (Å²) in [6.45, 7) is 6.38. The average Bonchev–Trinajstić information content (AvgIpc) is 3.12. The minimum Gasteiger partial charge on any atom is -0.490 e. The van der Waals surface area contributed by atoms with Gasteiger partial charge in [-0.3, -0.25) is 4.79 Å². The van der Waals surface area contributed by atoms with Crippen molar-refractivity contribution in [3.05, 3.63) is 59.3 Å². The van der Waals surface area contributed by atoms with Gasteiger partial charge in [-0.2, -0.15) is 0 Å². The zero-order chi connectivity index (χ0) is 18.8. The van der Waals surface area contributed by atoms with Crippen LogP contribution in [-0.2, 0) is 13.0 Å². The van der Waals surface area contributed by atoms with Gasteiger partial charge in [0.15, 0.2) is 11.5 Å². The second-order valence-corrected chi connectivity index (χ2v) is 6.68. The van der Waals surface area contributed by atoms with E-state index < -0.39 is 0 Å². The van der Waals surface area contributed by atoms with Gasteiger partial charge in [-0.15, -0.1) is 0 Å². The van der Waals surface area contributed by atoms with Crippen molar-refractivity contribution < 1.29 is 14.3 Å². The smallest absolute Gasteiger partial charge is 0.270 e. The number of carbonyl (C=O) groups is 1. The third kappa shape index (κ3) is 3.37.